The van der Waals surface area contributed by atoms with Crippen molar-refractivity contribution in [3.8, 4) is 5.75 Å². The largest absolute Gasteiger partial charge is 0.497 e. The van der Waals surface area contributed by atoms with E-state index in [1.807, 2.05) is 12.1 Å². The SMILES string of the molecule is COc1cc(N)c2nccc(CCSc3ccc(F)cc3)c2c1. The third-order valence-electron chi connectivity index (χ3n) is 3.63. The molecule has 5 heteroatoms. The topological polar surface area (TPSA) is 48.1 Å². The minimum absolute atomic E-state index is 0.211. The Bertz CT molecular complexity index is 821. The van der Waals surface area contributed by atoms with Gasteiger partial charge in [-0.25, -0.2) is 4.39 Å². The van der Waals surface area contributed by atoms with Crippen LogP contribution in [0.3, 0.4) is 0 Å². The highest BCUT2D eigenvalue weighted by atomic mass is 32.2. The van der Waals surface area contributed by atoms with Gasteiger partial charge in [0.25, 0.3) is 0 Å². The number of hydrogen-bond acceptors (Lipinski definition) is 4. The number of benzene rings is 2. The van der Waals surface area contributed by atoms with Crippen molar-refractivity contribution in [3.63, 3.8) is 0 Å². The highest BCUT2D eigenvalue weighted by Crippen LogP contribution is 2.29. The summed E-state index contributed by atoms with van der Waals surface area (Å²) >= 11 is 1.70. The Hall–Kier alpha value is -2.27. The van der Waals surface area contributed by atoms with Crippen LogP contribution in [0.15, 0.2) is 53.6 Å². The summed E-state index contributed by atoms with van der Waals surface area (Å²) in [5, 5.41) is 1.02. The summed E-state index contributed by atoms with van der Waals surface area (Å²) in [7, 11) is 1.63. The van der Waals surface area contributed by atoms with Crippen molar-refractivity contribution in [2.75, 3.05) is 18.6 Å². The molecule has 118 valence electrons. The van der Waals surface area contributed by atoms with E-state index in [9.17, 15) is 4.39 Å². The second-order valence-corrected chi connectivity index (χ2v) is 6.30. The Balaban J connectivity index is 1.79. The normalized spacial score (nSPS) is 10.9. The molecule has 0 fully saturated rings. The third kappa shape index (κ3) is 3.56. The van der Waals surface area contributed by atoms with Crippen molar-refractivity contribution in [2.45, 2.75) is 11.3 Å². The second kappa shape index (κ2) is 6.87. The number of hydrogen-bond donors (Lipinski definition) is 1. The molecule has 3 rings (SSSR count). The first-order valence-corrected chi connectivity index (χ1v) is 8.25. The van der Waals surface area contributed by atoms with Gasteiger partial charge >= 0.3 is 0 Å². The van der Waals surface area contributed by atoms with Crippen LogP contribution in [0.4, 0.5) is 10.1 Å². The molecule has 0 aliphatic rings. The van der Waals surface area contributed by atoms with E-state index in [0.717, 1.165) is 33.7 Å². The summed E-state index contributed by atoms with van der Waals surface area (Å²) in [6.45, 7) is 0. The number of ether oxygens (including phenoxy) is 1. The van der Waals surface area contributed by atoms with Crippen LogP contribution in [0.5, 0.6) is 5.75 Å². The quantitative estimate of drug-likeness (QED) is 0.560. The van der Waals surface area contributed by atoms with Crippen LogP contribution >= 0.6 is 11.8 Å². The first-order valence-electron chi connectivity index (χ1n) is 7.27. The van der Waals surface area contributed by atoms with Gasteiger partial charge in [-0.3, -0.25) is 4.98 Å². The molecule has 3 aromatic rings. The molecule has 3 nitrogen and oxygen atoms in total. The Morgan fingerprint density at radius 2 is 1.96 bits per heavy atom. The molecule has 0 aliphatic heterocycles. The number of halogens is 1. The molecule has 0 spiro atoms. The molecule has 0 atom stereocenters. The average molecular weight is 328 g/mol. The summed E-state index contributed by atoms with van der Waals surface area (Å²) in [6, 6.07) is 12.3. The van der Waals surface area contributed by atoms with Gasteiger partial charge in [-0.15, -0.1) is 11.8 Å². The molecular weight excluding hydrogens is 311 g/mol. The van der Waals surface area contributed by atoms with E-state index in [-0.39, 0.29) is 5.82 Å². The molecule has 0 bridgehead atoms. The highest BCUT2D eigenvalue weighted by Gasteiger charge is 2.08. The lowest BCUT2D eigenvalue weighted by Gasteiger charge is -2.10. The maximum absolute atomic E-state index is 12.9. The molecule has 0 saturated heterocycles. The number of aromatic nitrogens is 1. The Kier molecular flexibility index (Phi) is 4.67. The lowest BCUT2D eigenvalue weighted by Crippen LogP contribution is -1.97. The van der Waals surface area contributed by atoms with Gasteiger partial charge in [-0.1, -0.05) is 0 Å². The molecule has 0 aliphatic carbocycles. The van der Waals surface area contributed by atoms with Gasteiger partial charge in [-0.2, -0.15) is 0 Å². The summed E-state index contributed by atoms with van der Waals surface area (Å²) in [6.07, 6.45) is 2.65. The average Bonchev–Trinajstić information content (AvgIpc) is 2.57. The van der Waals surface area contributed by atoms with Gasteiger partial charge in [0, 0.05) is 28.3 Å². The number of pyridine rings is 1. The number of rotatable bonds is 5. The predicted molar refractivity (Wildman–Crippen MR) is 93.5 cm³/mol. The summed E-state index contributed by atoms with van der Waals surface area (Å²) in [5.41, 5.74) is 8.65. The molecule has 1 heterocycles. The summed E-state index contributed by atoms with van der Waals surface area (Å²) in [5.74, 6) is 1.41. The van der Waals surface area contributed by atoms with E-state index in [1.54, 1.807) is 43.3 Å². The van der Waals surface area contributed by atoms with Crippen molar-refractivity contribution >= 4 is 28.4 Å². The lowest BCUT2D eigenvalue weighted by atomic mass is 10.1. The minimum Gasteiger partial charge on any atom is -0.497 e. The van der Waals surface area contributed by atoms with Crippen molar-refractivity contribution < 1.29 is 9.13 Å². The van der Waals surface area contributed by atoms with Crippen LogP contribution in [0.2, 0.25) is 0 Å². The van der Waals surface area contributed by atoms with Gasteiger partial charge in [0.2, 0.25) is 0 Å². The number of anilines is 1. The molecule has 0 amide bonds. The number of nitrogens with zero attached hydrogens (tertiary/aromatic N) is 1. The molecule has 2 N–H and O–H groups in total. The first-order chi connectivity index (χ1) is 11.2. The maximum Gasteiger partial charge on any atom is 0.123 e. The Morgan fingerprint density at radius 3 is 2.70 bits per heavy atom. The van der Waals surface area contributed by atoms with Gasteiger partial charge < -0.3 is 10.5 Å². The van der Waals surface area contributed by atoms with Crippen LogP contribution in [-0.2, 0) is 6.42 Å². The number of fused-ring (bicyclic) bond motifs is 1. The van der Waals surface area contributed by atoms with Gasteiger partial charge in [-0.05, 0) is 48.4 Å². The van der Waals surface area contributed by atoms with Crippen LogP contribution in [-0.4, -0.2) is 17.8 Å². The molecule has 0 unspecified atom stereocenters. The molecule has 2 aromatic carbocycles. The third-order valence-corrected chi connectivity index (χ3v) is 4.64. The zero-order valence-corrected chi connectivity index (χ0v) is 13.6. The fraction of sp³-hybridized carbons (Fsp3) is 0.167. The number of methoxy groups -OCH3 is 1. The molecule has 0 radical (unpaired) electrons. The summed E-state index contributed by atoms with van der Waals surface area (Å²) in [4.78, 5) is 5.42. The Morgan fingerprint density at radius 1 is 1.17 bits per heavy atom. The van der Waals surface area contributed by atoms with Gasteiger partial charge in [0.05, 0.1) is 18.3 Å². The zero-order chi connectivity index (χ0) is 16.2. The maximum atomic E-state index is 12.9. The zero-order valence-electron chi connectivity index (χ0n) is 12.8. The Labute approximate surface area is 138 Å². The fourth-order valence-electron chi connectivity index (χ4n) is 2.46. The molecular formula is C18H17FN2OS. The second-order valence-electron chi connectivity index (χ2n) is 5.14. The van der Waals surface area contributed by atoms with Crippen molar-refractivity contribution in [1.29, 1.82) is 0 Å². The molecule has 1 aromatic heterocycles. The van der Waals surface area contributed by atoms with Crippen LogP contribution in [0.1, 0.15) is 5.56 Å². The van der Waals surface area contributed by atoms with Gasteiger partial charge in [0.15, 0.2) is 0 Å². The van der Waals surface area contributed by atoms with Crippen LogP contribution in [0, 0.1) is 5.82 Å². The van der Waals surface area contributed by atoms with E-state index in [0.29, 0.717) is 5.69 Å². The van der Waals surface area contributed by atoms with E-state index < -0.39 is 0 Å². The van der Waals surface area contributed by atoms with E-state index >= 15 is 0 Å². The van der Waals surface area contributed by atoms with Crippen molar-refractivity contribution in [2.24, 2.45) is 0 Å². The molecule has 0 saturated carbocycles. The lowest BCUT2D eigenvalue weighted by molar-refractivity contribution is 0.415. The van der Waals surface area contributed by atoms with E-state index in [2.05, 4.69) is 4.98 Å². The number of nitrogens with two attached hydrogens (primary N) is 1. The van der Waals surface area contributed by atoms with E-state index in [4.69, 9.17) is 10.5 Å². The number of aryl methyl sites for hydroxylation is 1. The fourth-order valence-corrected chi connectivity index (χ4v) is 3.34. The van der Waals surface area contributed by atoms with Crippen molar-refractivity contribution in [3.05, 3.63) is 60.0 Å². The van der Waals surface area contributed by atoms with Crippen LogP contribution < -0.4 is 10.5 Å². The number of thioether (sulfide) groups is 1. The number of nitrogen functional groups attached to an aromatic ring is 1. The smallest absolute Gasteiger partial charge is 0.123 e. The summed E-state index contributed by atoms with van der Waals surface area (Å²) < 4.78 is 18.2. The molecule has 23 heavy (non-hydrogen) atoms. The monoisotopic (exact) mass is 328 g/mol. The minimum atomic E-state index is -0.211. The standard InChI is InChI=1S/C18H17FN2OS/c1-22-14-10-16-12(6-8-21-18(16)17(20)11-14)7-9-23-15-4-2-13(19)3-5-15/h2-6,8,10-11H,7,9,20H2,1H3. The highest BCUT2D eigenvalue weighted by molar-refractivity contribution is 7.99. The predicted octanol–water partition coefficient (Wildman–Crippen LogP) is 4.30. The van der Waals surface area contributed by atoms with Crippen molar-refractivity contribution in [1.82, 2.24) is 4.98 Å². The van der Waals surface area contributed by atoms with E-state index in [1.165, 1.54) is 17.7 Å². The van der Waals surface area contributed by atoms with Crippen LogP contribution in [0.25, 0.3) is 10.9 Å². The van der Waals surface area contributed by atoms with Gasteiger partial charge in [0.1, 0.15) is 11.6 Å². The first kappa shape index (κ1) is 15.6.